The van der Waals surface area contributed by atoms with Gasteiger partial charge in [0.1, 0.15) is 23.0 Å². The molecule has 154 valence electrons. The van der Waals surface area contributed by atoms with E-state index in [1.54, 1.807) is 6.07 Å². The molecular formula is C24H24FN3O2. The summed E-state index contributed by atoms with van der Waals surface area (Å²) in [5, 5.41) is 3.84. The summed E-state index contributed by atoms with van der Waals surface area (Å²) < 4.78 is 19.4. The molecule has 0 unspecified atom stereocenters. The van der Waals surface area contributed by atoms with Gasteiger partial charge in [-0.3, -0.25) is 4.79 Å². The molecule has 1 aliphatic carbocycles. The van der Waals surface area contributed by atoms with Crippen molar-refractivity contribution in [2.45, 2.75) is 44.6 Å². The molecule has 2 heterocycles. The van der Waals surface area contributed by atoms with Gasteiger partial charge >= 0.3 is 0 Å². The summed E-state index contributed by atoms with van der Waals surface area (Å²) in [6.07, 6.45) is 3.11. The fourth-order valence-electron chi connectivity index (χ4n) is 4.23. The molecule has 5 nitrogen and oxygen atoms in total. The van der Waals surface area contributed by atoms with Crippen LogP contribution in [0.2, 0.25) is 0 Å². The topological polar surface area (TPSA) is 70.9 Å². The first-order valence-corrected chi connectivity index (χ1v) is 10.5. The van der Waals surface area contributed by atoms with Gasteiger partial charge in [0.15, 0.2) is 0 Å². The number of H-pyrrole nitrogens is 1. The van der Waals surface area contributed by atoms with Crippen LogP contribution in [0.4, 0.5) is 4.39 Å². The van der Waals surface area contributed by atoms with Gasteiger partial charge in [0.2, 0.25) is 5.91 Å². The van der Waals surface area contributed by atoms with Crippen LogP contribution in [-0.2, 0) is 4.79 Å². The summed E-state index contributed by atoms with van der Waals surface area (Å²) in [5.74, 6) is 1.98. The molecule has 2 N–H and O–H groups in total. The molecule has 0 saturated heterocycles. The summed E-state index contributed by atoms with van der Waals surface area (Å²) in [7, 11) is 0. The molecule has 1 fully saturated rings. The lowest BCUT2D eigenvalue weighted by atomic mass is 10.1. The monoisotopic (exact) mass is 405 g/mol. The number of nitrogens with zero attached hydrogens (tertiary/aromatic N) is 1. The minimum Gasteiger partial charge on any atom is -0.459 e. The number of carbonyl (C=O) groups excluding carboxylic acids is 1. The molecule has 6 heteroatoms. The number of carbonyl (C=O) groups is 1. The molecule has 0 bridgehead atoms. The highest BCUT2D eigenvalue weighted by atomic mass is 19.1. The molecular weight excluding hydrogens is 381 g/mol. The number of para-hydroxylation sites is 2. The highest BCUT2D eigenvalue weighted by molar-refractivity contribution is 5.80. The Bertz CT molecular complexity index is 1180. The summed E-state index contributed by atoms with van der Waals surface area (Å²) in [4.78, 5) is 20.8. The number of imidazole rings is 1. The van der Waals surface area contributed by atoms with Gasteiger partial charge in [0.25, 0.3) is 0 Å². The lowest BCUT2D eigenvalue weighted by Crippen LogP contribution is -2.28. The second-order valence-electron chi connectivity index (χ2n) is 8.19. The average molecular weight is 405 g/mol. The first-order valence-electron chi connectivity index (χ1n) is 10.5. The molecule has 2 aromatic carbocycles. The smallest absolute Gasteiger partial charge is 0.220 e. The fraction of sp³-hybridized carbons (Fsp3) is 0.333. The van der Waals surface area contributed by atoms with Crippen molar-refractivity contribution in [3.63, 3.8) is 0 Å². The van der Waals surface area contributed by atoms with Crippen molar-refractivity contribution in [3.05, 3.63) is 65.9 Å². The third-order valence-corrected chi connectivity index (χ3v) is 5.88. The van der Waals surface area contributed by atoms with Gasteiger partial charge in [-0.2, -0.15) is 0 Å². The summed E-state index contributed by atoms with van der Waals surface area (Å²) in [6.45, 7) is 2.07. The SMILES string of the molecule is CCC[C@H](NC(=O)C[C@@H]1C[C@@H]1c1nc2ccccc2[nH]1)c1cc2cc(F)ccc2o1. The van der Waals surface area contributed by atoms with E-state index in [0.717, 1.165) is 36.1 Å². The maximum atomic E-state index is 13.5. The number of benzene rings is 2. The van der Waals surface area contributed by atoms with Crippen LogP contribution in [0.3, 0.4) is 0 Å². The Morgan fingerprint density at radius 3 is 3.00 bits per heavy atom. The van der Waals surface area contributed by atoms with Crippen LogP contribution in [0.5, 0.6) is 0 Å². The highest BCUT2D eigenvalue weighted by Gasteiger charge is 2.42. The zero-order valence-corrected chi connectivity index (χ0v) is 16.8. The van der Waals surface area contributed by atoms with Crippen LogP contribution in [0, 0.1) is 11.7 Å². The predicted octanol–water partition coefficient (Wildman–Crippen LogP) is 5.60. The maximum Gasteiger partial charge on any atom is 0.220 e. The van der Waals surface area contributed by atoms with E-state index in [-0.39, 0.29) is 17.8 Å². The van der Waals surface area contributed by atoms with Gasteiger partial charge < -0.3 is 14.7 Å². The third-order valence-electron chi connectivity index (χ3n) is 5.88. The van der Waals surface area contributed by atoms with Crippen molar-refractivity contribution in [1.82, 2.24) is 15.3 Å². The average Bonchev–Trinajstić information content (AvgIpc) is 3.17. The lowest BCUT2D eigenvalue weighted by molar-refractivity contribution is -0.122. The number of amides is 1. The fourth-order valence-corrected chi connectivity index (χ4v) is 4.23. The van der Waals surface area contributed by atoms with Gasteiger partial charge in [-0.05, 0) is 55.2 Å². The minimum absolute atomic E-state index is 0.0173. The molecule has 30 heavy (non-hydrogen) atoms. The van der Waals surface area contributed by atoms with E-state index < -0.39 is 0 Å². The van der Waals surface area contributed by atoms with Crippen molar-refractivity contribution in [3.8, 4) is 0 Å². The minimum atomic E-state index is -0.295. The second kappa shape index (κ2) is 7.59. The van der Waals surface area contributed by atoms with Crippen molar-refractivity contribution in [2.24, 2.45) is 5.92 Å². The third kappa shape index (κ3) is 3.70. The summed E-state index contributed by atoms with van der Waals surface area (Å²) in [5.41, 5.74) is 2.63. The van der Waals surface area contributed by atoms with Gasteiger partial charge in [-0.15, -0.1) is 0 Å². The second-order valence-corrected chi connectivity index (χ2v) is 8.19. The molecule has 0 radical (unpaired) electrons. The molecule has 3 atom stereocenters. The van der Waals surface area contributed by atoms with Crippen molar-refractivity contribution in [1.29, 1.82) is 0 Å². The van der Waals surface area contributed by atoms with E-state index in [1.165, 1.54) is 12.1 Å². The number of aromatic nitrogens is 2. The van der Waals surface area contributed by atoms with Crippen molar-refractivity contribution >= 4 is 27.9 Å². The van der Waals surface area contributed by atoms with Crippen LogP contribution >= 0.6 is 0 Å². The number of rotatable bonds is 7. The summed E-state index contributed by atoms with van der Waals surface area (Å²) >= 11 is 0. The number of hydrogen-bond donors (Lipinski definition) is 2. The van der Waals surface area contributed by atoms with Crippen molar-refractivity contribution in [2.75, 3.05) is 0 Å². The Hall–Kier alpha value is -3.15. The normalized spacial score (nSPS) is 19.3. The van der Waals surface area contributed by atoms with E-state index >= 15 is 0 Å². The number of fused-ring (bicyclic) bond motifs is 2. The zero-order chi connectivity index (χ0) is 20.7. The number of halogens is 1. The van der Waals surface area contributed by atoms with Crippen molar-refractivity contribution < 1.29 is 13.6 Å². The Balaban J connectivity index is 1.25. The van der Waals surface area contributed by atoms with Crippen LogP contribution in [0.15, 0.2) is 52.9 Å². The van der Waals surface area contributed by atoms with Crippen LogP contribution in [-0.4, -0.2) is 15.9 Å². The summed E-state index contributed by atoms with van der Waals surface area (Å²) in [6, 6.07) is 14.1. The van der Waals surface area contributed by atoms with Gasteiger partial charge in [-0.25, -0.2) is 9.37 Å². The molecule has 4 aromatic rings. The largest absolute Gasteiger partial charge is 0.459 e. The zero-order valence-electron chi connectivity index (χ0n) is 16.8. The quantitative estimate of drug-likeness (QED) is 0.420. The standard InChI is InChI=1S/C24H24FN3O2/c1-2-5-20(22-12-15-10-16(25)8-9-21(15)30-22)26-23(29)13-14-11-17(14)24-27-18-6-3-4-7-19(18)28-24/h3-4,6-10,12,14,17,20H,2,5,11,13H2,1H3,(H,26,29)(H,27,28)/t14-,17-,20-/m0/s1. The first-order chi connectivity index (χ1) is 14.6. The molecule has 1 aliphatic rings. The molecule has 1 saturated carbocycles. The van der Waals surface area contributed by atoms with E-state index in [9.17, 15) is 9.18 Å². The van der Waals surface area contributed by atoms with Gasteiger partial charge in [-0.1, -0.05) is 25.5 Å². The van der Waals surface area contributed by atoms with Gasteiger partial charge in [0, 0.05) is 17.7 Å². The molecule has 5 rings (SSSR count). The number of furan rings is 1. The Kier molecular flexibility index (Phi) is 4.77. The molecule has 1 amide bonds. The maximum absolute atomic E-state index is 13.5. The van der Waals surface area contributed by atoms with Crippen LogP contribution in [0.25, 0.3) is 22.0 Å². The highest BCUT2D eigenvalue weighted by Crippen LogP contribution is 2.48. The lowest BCUT2D eigenvalue weighted by Gasteiger charge is -2.15. The number of aromatic amines is 1. The van der Waals surface area contributed by atoms with E-state index in [2.05, 4.69) is 22.2 Å². The van der Waals surface area contributed by atoms with E-state index in [0.29, 0.717) is 35.0 Å². The van der Waals surface area contributed by atoms with E-state index in [4.69, 9.17) is 4.42 Å². The first kappa shape index (κ1) is 18.9. The Morgan fingerprint density at radius 1 is 1.30 bits per heavy atom. The molecule has 0 aliphatic heterocycles. The van der Waals surface area contributed by atoms with Crippen LogP contribution < -0.4 is 5.32 Å². The van der Waals surface area contributed by atoms with Crippen LogP contribution in [0.1, 0.15) is 56.2 Å². The number of hydrogen-bond acceptors (Lipinski definition) is 3. The molecule has 0 spiro atoms. The number of nitrogens with one attached hydrogen (secondary N) is 2. The van der Waals surface area contributed by atoms with Gasteiger partial charge in [0.05, 0.1) is 17.1 Å². The Morgan fingerprint density at radius 2 is 2.17 bits per heavy atom. The van der Waals surface area contributed by atoms with E-state index in [1.807, 2.05) is 30.3 Å². The Labute approximate surface area is 173 Å². The molecule has 2 aromatic heterocycles. The predicted molar refractivity (Wildman–Crippen MR) is 114 cm³/mol.